The fraction of sp³-hybridized carbons (Fsp3) is 0.0714. The molecule has 0 radical (unpaired) electrons. The Balaban J connectivity index is 2.71. The zero-order chi connectivity index (χ0) is 12.4. The van der Waals surface area contributed by atoms with Crippen LogP contribution in [0, 0.1) is 10.5 Å². The minimum absolute atomic E-state index is 0.386. The fourth-order valence-corrected chi connectivity index (χ4v) is 2.45. The van der Waals surface area contributed by atoms with Gasteiger partial charge in [-0.1, -0.05) is 42.5 Å². The van der Waals surface area contributed by atoms with E-state index in [9.17, 15) is 9.90 Å². The monoisotopic (exact) mass is 338 g/mol. The predicted molar refractivity (Wildman–Crippen MR) is 76.3 cm³/mol. The number of benzene rings is 2. The van der Waals surface area contributed by atoms with Crippen LogP contribution in [0.2, 0.25) is 0 Å². The summed E-state index contributed by atoms with van der Waals surface area (Å²) < 4.78 is 0.802. The number of carboxylic acid groups (broad SMARTS) is 1. The van der Waals surface area contributed by atoms with E-state index in [4.69, 9.17) is 0 Å². The molecule has 2 rings (SSSR count). The Hall–Kier alpha value is -1.36. The molecule has 0 aliphatic rings. The van der Waals surface area contributed by atoms with Gasteiger partial charge in [-0.3, -0.25) is 0 Å². The molecule has 0 saturated carbocycles. The molecule has 2 aromatic carbocycles. The van der Waals surface area contributed by atoms with Crippen molar-refractivity contribution in [3.63, 3.8) is 0 Å². The number of aryl methyl sites for hydroxylation is 1. The van der Waals surface area contributed by atoms with Gasteiger partial charge in [0.15, 0.2) is 0 Å². The number of carbonyl (C=O) groups is 1. The third-order valence-electron chi connectivity index (χ3n) is 2.63. The number of halogens is 1. The molecule has 17 heavy (non-hydrogen) atoms. The summed E-state index contributed by atoms with van der Waals surface area (Å²) in [6.07, 6.45) is 0. The van der Waals surface area contributed by atoms with Crippen molar-refractivity contribution in [1.29, 1.82) is 0 Å². The van der Waals surface area contributed by atoms with E-state index in [1.54, 1.807) is 0 Å². The molecule has 0 amide bonds. The van der Waals surface area contributed by atoms with Gasteiger partial charge in [0.25, 0.3) is 0 Å². The zero-order valence-corrected chi connectivity index (χ0v) is 11.4. The Morgan fingerprint density at radius 3 is 2.35 bits per heavy atom. The molecule has 0 bridgehead atoms. The second-order valence-corrected chi connectivity index (χ2v) is 4.87. The number of hydrogen-bond acceptors (Lipinski definition) is 1. The van der Waals surface area contributed by atoms with E-state index in [1.165, 1.54) is 0 Å². The van der Waals surface area contributed by atoms with Crippen molar-refractivity contribution in [2.24, 2.45) is 0 Å². The number of rotatable bonds is 2. The van der Waals surface area contributed by atoms with Crippen molar-refractivity contribution in [2.45, 2.75) is 6.92 Å². The lowest BCUT2D eigenvalue weighted by Gasteiger charge is -2.10. The molecule has 0 aliphatic heterocycles. The van der Waals surface area contributed by atoms with E-state index in [-0.39, 0.29) is 0 Å². The quantitative estimate of drug-likeness (QED) is 0.842. The van der Waals surface area contributed by atoms with Gasteiger partial charge in [-0.05, 0) is 46.2 Å². The Kier molecular flexibility index (Phi) is 3.47. The first-order valence-electron chi connectivity index (χ1n) is 5.19. The standard InChI is InChI=1S/C14H11IO2/c1-9-7-8-11(10-5-3-2-4-6-10)12(13(9)15)14(16)17/h2-8H,1H3,(H,16,17). The highest BCUT2D eigenvalue weighted by Crippen LogP contribution is 2.29. The van der Waals surface area contributed by atoms with Crippen LogP contribution >= 0.6 is 22.6 Å². The van der Waals surface area contributed by atoms with E-state index >= 15 is 0 Å². The van der Waals surface area contributed by atoms with Crippen LogP contribution in [0.3, 0.4) is 0 Å². The van der Waals surface area contributed by atoms with E-state index in [1.807, 2.05) is 49.4 Å². The molecule has 1 N–H and O–H groups in total. The van der Waals surface area contributed by atoms with Gasteiger partial charge < -0.3 is 5.11 Å². The molecule has 2 nitrogen and oxygen atoms in total. The van der Waals surface area contributed by atoms with Crippen LogP contribution in [-0.2, 0) is 0 Å². The lowest BCUT2D eigenvalue weighted by molar-refractivity contribution is 0.0696. The van der Waals surface area contributed by atoms with Crippen molar-refractivity contribution >= 4 is 28.6 Å². The predicted octanol–water partition coefficient (Wildman–Crippen LogP) is 3.96. The number of hydrogen-bond donors (Lipinski definition) is 1. The van der Waals surface area contributed by atoms with Gasteiger partial charge in [0.2, 0.25) is 0 Å². The van der Waals surface area contributed by atoms with Crippen LogP contribution in [0.5, 0.6) is 0 Å². The first-order chi connectivity index (χ1) is 8.11. The van der Waals surface area contributed by atoms with Crippen LogP contribution in [0.15, 0.2) is 42.5 Å². The summed E-state index contributed by atoms with van der Waals surface area (Å²) in [6, 6.07) is 13.4. The molecule has 0 atom stereocenters. The maximum Gasteiger partial charge on any atom is 0.337 e. The van der Waals surface area contributed by atoms with E-state index in [0.29, 0.717) is 5.56 Å². The maximum atomic E-state index is 11.4. The lowest BCUT2D eigenvalue weighted by atomic mass is 9.98. The highest BCUT2D eigenvalue weighted by molar-refractivity contribution is 14.1. The van der Waals surface area contributed by atoms with Crippen molar-refractivity contribution in [3.05, 3.63) is 57.2 Å². The third kappa shape index (κ3) is 2.34. The summed E-state index contributed by atoms with van der Waals surface area (Å²) in [7, 11) is 0. The molecule has 2 aromatic rings. The van der Waals surface area contributed by atoms with Crippen LogP contribution in [0.4, 0.5) is 0 Å². The second-order valence-electron chi connectivity index (χ2n) is 3.79. The second kappa shape index (κ2) is 4.87. The molecule has 86 valence electrons. The van der Waals surface area contributed by atoms with Gasteiger partial charge in [-0.2, -0.15) is 0 Å². The summed E-state index contributed by atoms with van der Waals surface area (Å²) in [6.45, 7) is 1.92. The fourth-order valence-electron chi connectivity index (χ4n) is 1.75. The lowest BCUT2D eigenvalue weighted by Crippen LogP contribution is -2.04. The summed E-state index contributed by atoms with van der Waals surface area (Å²) in [5.41, 5.74) is 3.08. The van der Waals surface area contributed by atoms with Crippen molar-refractivity contribution < 1.29 is 9.90 Å². The average molecular weight is 338 g/mol. The van der Waals surface area contributed by atoms with E-state index in [2.05, 4.69) is 22.6 Å². The summed E-state index contributed by atoms with van der Waals surface area (Å²) in [5.74, 6) is -0.878. The largest absolute Gasteiger partial charge is 0.478 e. The normalized spacial score (nSPS) is 10.2. The SMILES string of the molecule is Cc1ccc(-c2ccccc2)c(C(=O)O)c1I. The van der Waals surface area contributed by atoms with Gasteiger partial charge in [0.05, 0.1) is 5.56 Å². The highest BCUT2D eigenvalue weighted by Gasteiger charge is 2.16. The number of carboxylic acids is 1. The van der Waals surface area contributed by atoms with E-state index < -0.39 is 5.97 Å². The van der Waals surface area contributed by atoms with Gasteiger partial charge in [0.1, 0.15) is 0 Å². The molecular formula is C14H11IO2. The van der Waals surface area contributed by atoms with Crippen molar-refractivity contribution in [3.8, 4) is 11.1 Å². The Bertz CT molecular complexity index is 562. The maximum absolute atomic E-state index is 11.4. The minimum atomic E-state index is -0.878. The van der Waals surface area contributed by atoms with Gasteiger partial charge in [-0.15, -0.1) is 0 Å². The Morgan fingerprint density at radius 2 is 1.76 bits per heavy atom. The van der Waals surface area contributed by atoms with Gasteiger partial charge in [0, 0.05) is 3.57 Å². The molecule has 0 heterocycles. The topological polar surface area (TPSA) is 37.3 Å². The van der Waals surface area contributed by atoms with Gasteiger partial charge >= 0.3 is 5.97 Å². The Labute approximate surface area is 113 Å². The van der Waals surface area contributed by atoms with Crippen LogP contribution in [0.25, 0.3) is 11.1 Å². The third-order valence-corrected chi connectivity index (χ3v) is 4.02. The van der Waals surface area contributed by atoms with Crippen molar-refractivity contribution in [1.82, 2.24) is 0 Å². The van der Waals surface area contributed by atoms with Crippen LogP contribution in [-0.4, -0.2) is 11.1 Å². The molecule has 0 aliphatic carbocycles. The molecule has 0 aromatic heterocycles. The molecule has 0 spiro atoms. The number of aromatic carboxylic acids is 1. The van der Waals surface area contributed by atoms with Gasteiger partial charge in [-0.25, -0.2) is 4.79 Å². The molecule has 0 unspecified atom stereocenters. The average Bonchev–Trinajstić information content (AvgIpc) is 2.33. The molecule has 3 heteroatoms. The van der Waals surface area contributed by atoms with Crippen molar-refractivity contribution in [2.75, 3.05) is 0 Å². The Morgan fingerprint density at radius 1 is 1.12 bits per heavy atom. The summed E-state index contributed by atoms with van der Waals surface area (Å²) in [4.78, 5) is 11.4. The molecule has 0 saturated heterocycles. The highest BCUT2D eigenvalue weighted by atomic mass is 127. The minimum Gasteiger partial charge on any atom is -0.478 e. The smallest absolute Gasteiger partial charge is 0.337 e. The molecular weight excluding hydrogens is 327 g/mol. The van der Waals surface area contributed by atoms with Crippen LogP contribution in [0.1, 0.15) is 15.9 Å². The van der Waals surface area contributed by atoms with E-state index in [0.717, 1.165) is 20.3 Å². The summed E-state index contributed by atoms with van der Waals surface area (Å²) >= 11 is 2.09. The summed E-state index contributed by atoms with van der Waals surface area (Å²) in [5, 5.41) is 9.33. The zero-order valence-electron chi connectivity index (χ0n) is 9.27. The van der Waals surface area contributed by atoms with Crippen LogP contribution < -0.4 is 0 Å². The first kappa shape index (κ1) is 12.1. The first-order valence-corrected chi connectivity index (χ1v) is 6.27. The molecule has 0 fully saturated rings.